The topological polar surface area (TPSA) is 26.0 Å². The normalized spacial score (nSPS) is 12.7. The van der Waals surface area contributed by atoms with Gasteiger partial charge in [-0.3, -0.25) is 0 Å². The van der Waals surface area contributed by atoms with Crippen molar-refractivity contribution in [3.8, 4) is 0 Å². The van der Waals surface area contributed by atoms with E-state index in [1.54, 1.807) is 6.07 Å². The largest absolute Gasteiger partial charge is 0.324 e. The van der Waals surface area contributed by atoms with Gasteiger partial charge in [0.05, 0.1) is 0 Å². The molecule has 0 spiro atoms. The van der Waals surface area contributed by atoms with Crippen molar-refractivity contribution in [1.82, 2.24) is 0 Å². The molecular formula is C17H19BrFN. The van der Waals surface area contributed by atoms with E-state index in [9.17, 15) is 4.39 Å². The van der Waals surface area contributed by atoms with Crippen LogP contribution in [0.5, 0.6) is 0 Å². The quantitative estimate of drug-likeness (QED) is 0.840. The van der Waals surface area contributed by atoms with E-state index in [1.807, 2.05) is 0 Å². The third-order valence-corrected chi connectivity index (χ3v) is 4.15. The van der Waals surface area contributed by atoms with Gasteiger partial charge < -0.3 is 5.73 Å². The molecule has 1 nitrogen and oxygen atoms in total. The average molecular weight is 336 g/mol. The molecule has 2 rings (SSSR count). The van der Waals surface area contributed by atoms with Gasteiger partial charge in [-0.15, -0.1) is 0 Å². The van der Waals surface area contributed by atoms with Crippen LogP contribution >= 0.6 is 15.9 Å². The molecule has 0 saturated carbocycles. The summed E-state index contributed by atoms with van der Waals surface area (Å²) in [4.78, 5) is 0. The van der Waals surface area contributed by atoms with Crippen LogP contribution in [0, 0.1) is 5.82 Å². The summed E-state index contributed by atoms with van der Waals surface area (Å²) in [7, 11) is 0. The summed E-state index contributed by atoms with van der Waals surface area (Å²) < 4.78 is 13.8. The van der Waals surface area contributed by atoms with Gasteiger partial charge in [-0.2, -0.15) is 0 Å². The molecule has 2 aromatic rings. The molecule has 0 saturated heterocycles. The maximum atomic E-state index is 13.1. The summed E-state index contributed by atoms with van der Waals surface area (Å²) in [6.07, 6.45) is 0.739. The number of hydrogen-bond acceptors (Lipinski definition) is 1. The van der Waals surface area contributed by atoms with Crippen LogP contribution < -0.4 is 5.73 Å². The Kier molecular flexibility index (Phi) is 4.95. The molecular weight excluding hydrogens is 317 g/mol. The zero-order valence-corrected chi connectivity index (χ0v) is 13.3. The van der Waals surface area contributed by atoms with Gasteiger partial charge in [0.25, 0.3) is 0 Å². The Morgan fingerprint density at radius 1 is 1.10 bits per heavy atom. The third kappa shape index (κ3) is 3.68. The molecule has 106 valence electrons. The number of hydrogen-bond donors (Lipinski definition) is 1. The van der Waals surface area contributed by atoms with Crippen LogP contribution in [-0.2, 0) is 6.42 Å². The van der Waals surface area contributed by atoms with E-state index in [4.69, 9.17) is 5.73 Å². The van der Waals surface area contributed by atoms with Crippen LogP contribution in [0.4, 0.5) is 4.39 Å². The first-order chi connectivity index (χ1) is 9.47. The van der Waals surface area contributed by atoms with Crippen molar-refractivity contribution >= 4 is 15.9 Å². The summed E-state index contributed by atoms with van der Waals surface area (Å²) >= 11 is 3.37. The number of halogens is 2. The maximum absolute atomic E-state index is 13.1. The lowest BCUT2D eigenvalue weighted by molar-refractivity contribution is 0.623. The summed E-state index contributed by atoms with van der Waals surface area (Å²) in [5, 5.41) is 0. The highest BCUT2D eigenvalue weighted by atomic mass is 79.9. The molecule has 0 aliphatic rings. The van der Waals surface area contributed by atoms with E-state index in [0.29, 0.717) is 5.92 Å². The second kappa shape index (κ2) is 6.51. The molecule has 2 N–H and O–H groups in total. The van der Waals surface area contributed by atoms with E-state index >= 15 is 0 Å². The molecule has 0 bridgehead atoms. The molecule has 0 aliphatic carbocycles. The summed E-state index contributed by atoms with van der Waals surface area (Å²) in [6.45, 7) is 4.35. The predicted molar refractivity (Wildman–Crippen MR) is 85.3 cm³/mol. The third-order valence-electron chi connectivity index (χ3n) is 3.46. The minimum Gasteiger partial charge on any atom is -0.324 e. The van der Waals surface area contributed by atoms with Gasteiger partial charge in [-0.1, -0.05) is 60.1 Å². The summed E-state index contributed by atoms with van der Waals surface area (Å²) in [5.41, 5.74) is 9.67. The second-order valence-corrected chi connectivity index (χ2v) is 6.23. The van der Waals surface area contributed by atoms with Gasteiger partial charge in [-0.05, 0) is 41.2 Å². The highest BCUT2D eigenvalue weighted by Crippen LogP contribution is 2.26. The van der Waals surface area contributed by atoms with Crippen LogP contribution in [0.1, 0.15) is 42.5 Å². The number of rotatable bonds is 4. The molecule has 1 atom stereocenters. The minimum atomic E-state index is -0.255. The molecule has 2 aromatic carbocycles. The highest BCUT2D eigenvalue weighted by molar-refractivity contribution is 9.10. The fourth-order valence-corrected chi connectivity index (χ4v) is 2.85. The van der Waals surface area contributed by atoms with Crippen LogP contribution in [0.15, 0.2) is 46.9 Å². The number of nitrogens with two attached hydrogens (primary N) is 1. The average Bonchev–Trinajstić information content (AvgIpc) is 2.39. The minimum absolute atomic E-state index is 0.144. The lowest BCUT2D eigenvalue weighted by atomic mass is 9.96. The zero-order chi connectivity index (χ0) is 14.7. The molecule has 0 heterocycles. The van der Waals surface area contributed by atoms with Crippen LogP contribution in [0.25, 0.3) is 0 Å². The van der Waals surface area contributed by atoms with Gasteiger partial charge in [0.2, 0.25) is 0 Å². The van der Waals surface area contributed by atoms with Gasteiger partial charge in [0.1, 0.15) is 5.82 Å². The first kappa shape index (κ1) is 15.2. The van der Waals surface area contributed by atoms with Crippen molar-refractivity contribution in [3.05, 3.63) is 69.4 Å². The Bertz CT molecular complexity index is 578. The van der Waals surface area contributed by atoms with E-state index in [2.05, 4.69) is 54.0 Å². The monoisotopic (exact) mass is 335 g/mol. The van der Waals surface area contributed by atoms with E-state index < -0.39 is 0 Å². The van der Waals surface area contributed by atoms with E-state index in [-0.39, 0.29) is 11.9 Å². The summed E-state index contributed by atoms with van der Waals surface area (Å²) in [5.74, 6) is 0.276. The SMILES string of the molecule is CC(C)c1ccc(CC(N)c2ccc(F)cc2Br)cc1. The summed E-state index contributed by atoms with van der Waals surface area (Å²) in [6, 6.07) is 13.0. The second-order valence-electron chi connectivity index (χ2n) is 5.37. The van der Waals surface area contributed by atoms with Crippen molar-refractivity contribution in [3.63, 3.8) is 0 Å². The molecule has 0 fully saturated rings. The smallest absolute Gasteiger partial charge is 0.124 e. The van der Waals surface area contributed by atoms with Crippen LogP contribution in [0.3, 0.4) is 0 Å². The lowest BCUT2D eigenvalue weighted by Crippen LogP contribution is -2.14. The van der Waals surface area contributed by atoms with E-state index in [0.717, 1.165) is 16.5 Å². The molecule has 0 aliphatic heterocycles. The molecule has 3 heteroatoms. The van der Waals surface area contributed by atoms with Gasteiger partial charge in [0.15, 0.2) is 0 Å². The Hall–Kier alpha value is -1.19. The first-order valence-electron chi connectivity index (χ1n) is 6.76. The highest BCUT2D eigenvalue weighted by Gasteiger charge is 2.11. The molecule has 1 unspecified atom stereocenters. The number of benzene rings is 2. The van der Waals surface area contributed by atoms with E-state index in [1.165, 1.54) is 23.3 Å². The standard InChI is InChI=1S/C17H19BrFN/c1-11(2)13-5-3-12(4-6-13)9-17(20)15-8-7-14(19)10-16(15)18/h3-8,10-11,17H,9,20H2,1-2H3. The molecule has 0 radical (unpaired) electrons. The molecule has 20 heavy (non-hydrogen) atoms. The zero-order valence-electron chi connectivity index (χ0n) is 11.7. The Morgan fingerprint density at radius 2 is 1.75 bits per heavy atom. The van der Waals surface area contributed by atoms with Crippen molar-refractivity contribution in [2.75, 3.05) is 0 Å². The Morgan fingerprint density at radius 3 is 2.30 bits per heavy atom. The predicted octanol–water partition coefficient (Wildman–Crippen LogP) is 4.95. The lowest BCUT2D eigenvalue weighted by Gasteiger charge is -2.15. The first-order valence-corrected chi connectivity index (χ1v) is 7.56. The fraction of sp³-hybridized carbons (Fsp3) is 0.294. The van der Waals surface area contributed by atoms with Gasteiger partial charge >= 0.3 is 0 Å². The Balaban J connectivity index is 2.12. The van der Waals surface area contributed by atoms with Crippen molar-refractivity contribution in [1.29, 1.82) is 0 Å². The molecule has 0 amide bonds. The van der Waals surface area contributed by atoms with Crippen molar-refractivity contribution in [2.24, 2.45) is 5.73 Å². The fourth-order valence-electron chi connectivity index (χ4n) is 2.20. The van der Waals surface area contributed by atoms with Crippen LogP contribution in [-0.4, -0.2) is 0 Å². The maximum Gasteiger partial charge on any atom is 0.124 e. The van der Waals surface area contributed by atoms with Gasteiger partial charge in [-0.25, -0.2) is 4.39 Å². The Labute approximate surface area is 128 Å². The van der Waals surface area contributed by atoms with Crippen LogP contribution in [0.2, 0.25) is 0 Å². The van der Waals surface area contributed by atoms with Gasteiger partial charge in [0, 0.05) is 10.5 Å². The van der Waals surface area contributed by atoms with Crippen molar-refractivity contribution < 1.29 is 4.39 Å². The molecule has 0 aromatic heterocycles. The van der Waals surface area contributed by atoms with Crippen molar-refractivity contribution in [2.45, 2.75) is 32.2 Å².